The van der Waals surface area contributed by atoms with Crippen molar-refractivity contribution in [3.8, 4) is 11.5 Å². The second-order valence-electron chi connectivity index (χ2n) is 3.80. The number of aromatic amines is 1. The van der Waals surface area contributed by atoms with Gasteiger partial charge in [-0.1, -0.05) is 0 Å². The van der Waals surface area contributed by atoms with E-state index in [2.05, 4.69) is 4.98 Å². The molecule has 0 aliphatic carbocycles. The third-order valence-corrected chi connectivity index (χ3v) is 2.44. The number of rotatable bonds is 4. The first-order valence-corrected chi connectivity index (χ1v) is 5.62. The maximum absolute atomic E-state index is 10.9. The van der Waals surface area contributed by atoms with E-state index in [9.17, 15) is 4.79 Å². The van der Waals surface area contributed by atoms with Crippen molar-refractivity contribution in [1.29, 1.82) is 5.41 Å². The molecule has 0 saturated heterocycles. The summed E-state index contributed by atoms with van der Waals surface area (Å²) < 4.78 is 5.55. The van der Waals surface area contributed by atoms with Crippen molar-refractivity contribution in [2.45, 2.75) is 0 Å². The minimum absolute atomic E-state index is 0.174. The number of H-pyrrole nitrogens is 1. The Morgan fingerprint density at radius 1 is 1.16 bits per heavy atom. The van der Waals surface area contributed by atoms with Gasteiger partial charge in [0, 0.05) is 24.2 Å². The highest BCUT2D eigenvalue weighted by Gasteiger charge is 1.99. The number of benzene rings is 1. The van der Waals surface area contributed by atoms with Crippen LogP contribution in [0.15, 0.2) is 53.5 Å². The van der Waals surface area contributed by atoms with E-state index in [0.717, 1.165) is 11.8 Å². The Morgan fingerprint density at radius 3 is 2.42 bits per heavy atom. The van der Waals surface area contributed by atoms with Crippen molar-refractivity contribution >= 4 is 11.9 Å². The topological polar surface area (TPSA) is 92.0 Å². The van der Waals surface area contributed by atoms with Gasteiger partial charge < -0.3 is 20.9 Å². The summed E-state index contributed by atoms with van der Waals surface area (Å²) in [5.41, 5.74) is 6.92. The molecule has 5 heteroatoms. The van der Waals surface area contributed by atoms with Gasteiger partial charge in [-0.25, -0.2) is 0 Å². The minimum Gasteiger partial charge on any atom is -0.456 e. The van der Waals surface area contributed by atoms with Gasteiger partial charge in [-0.05, 0) is 42.0 Å². The van der Waals surface area contributed by atoms with Crippen LogP contribution in [0.25, 0.3) is 5.70 Å². The normalized spacial score (nSPS) is 11.1. The zero-order chi connectivity index (χ0) is 13.7. The fourth-order valence-corrected chi connectivity index (χ4v) is 1.50. The second kappa shape index (κ2) is 5.68. The molecule has 2 aromatic rings. The number of hydrogen-bond acceptors (Lipinski definition) is 4. The maximum Gasteiger partial charge on any atom is 0.248 e. The first kappa shape index (κ1) is 12.6. The Balaban J connectivity index is 2.15. The number of hydrogen-bond donors (Lipinski definition) is 3. The Bertz CT molecular complexity index is 637. The molecule has 0 fully saturated rings. The van der Waals surface area contributed by atoms with E-state index in [1.54, 1.807) is 30.3 Å². The average molecular weight is 255 g/mol. The molecule has 4 N–H and O–H groups in total. The van der Waals surface area contributed by atoms with E-state index >= 15 is 0 Å². The smallest absolute Gasteiger partial charge is 0.248 e. The molecule has 0 atom stereocenters. The number of nitrogens with one attached hydrogen (secondary N) is 2. The fourth-order valence-electron chi connectivity index (χ4n) is 1.50. The van der Waals surface area contributed by atoms with Gasteiger partial charge >= 0.3 is 0 Å². The van der Waals surface area contributed by atoms with Gasteiger partial charge in [-0.2, -0.15) is 0 Å². The van der Waals surface area contributed by atoms with Crippen molar-refractivity contribution < 1.29 is 4.74 Å². The molecular weight excluding hydrogens is 242 g/mol. The number of allylic oxidation sites excluding steroid dienone is 1. The molecule has 1 aromatic carbocycles. The highest BCUT2D eigenvalue weighted by molar-refractivity contribution is 5.81. The molecule has 1 heterocycles. The second-order valence-corrected chi connectivity index (χ2v) is 3.80. The predicted molar refractivity (Wildman–Crippen MR) is 74.5 cm³/mol. The van der Waals surface area contributed by atoms with Crippen LogP contribution >= 0.6 is 0 Å². The molecule has 0 amide bonds. The molecule has 2 rings (SSSR count). The van der Waals surface area contributed by atoms with Crippen LogP contribution < -0.4 is 16.0 Å². The first-order chi connectivity index (χ1) is 9.19. The van der Waals surface area contributed by atoms with Crippen LogP contribution in [-0.2, 0) is 0 Å². The number of ether oxygens (including phenoxy) is 1. The monoisotopic (exact) mass is 255 g/mol. The van der Waals surface area contributed by atoms with E-state index < -0.39 is 0 Å². The molecule has 0 unspecified atom stereocenters. The van der Waals surface area contributed by atoms with Gasteiger partial charge in [-0.3, -0.25) is 4.79 Å². The lowest BCUT2D eigenvalue weighted by molar-refractivity contribution is 0.480. The van der Waals surface area contributed by atoms with E-state index in [4.69, 9.17) is 15.9 Å². The van der Waals surface area contributed by atoms with E-state index in [1.807, 2.05) is 0 Å². The molecule has 0 spiro atoms. The molecule has 0 radical (unpaired) electrons. The van der Waals surface area contributed by atoms with Crippen LogP contribution in [0.1, 0.15) is 5.56 Å². The largest absolute Gasteiger partial charge is 0.456 e. The summed E-state index contributed by atoms with van der Waals surface area (Å²) in [7, 11) is 0. The fraction of sp³-hybridized carbons (Fsp3) is 0. The number of nitrogens with two attached hydrogens (primary N) is 1. The molecule has 0 aliphatic rings. The molecule has 96 valence electrons. The van der Waals surface area contributed by atoms with Crippen LogP contribution in [0, 0.1) is 5.41 Å². The molecule has 1 aromatic heterocycles. The summed E-state index contributed by atoms with van der Waals surface area (Å²) in [6.07, 6.45) is 4.15. The molecule has 0 aliphatic heterocycles. The van der Waals surface area contributed by atoms with Crippen LogP contribution in [0.5, 0.6) is 11.5 Å². The Morgan fingerprint density at radius 2 is 1.84 bits per heavy atom. The van der Waals surface area contributed by atoms with Crippen molar-refractivity contribution in [3.63, 3.8) is 0 Å². The van der Waals surface area contributed by atoms with Gasteiger partial charge in [0.25, 0.3) is 0 Å². The molecule has 0 bridgehead atoms. The van der Waals surface area contributed by atoms with Gasteiger partial charge in [0.05, 0.1) is 0 Å². The summed E-state index contributed by atoms with van der Waals surface area (Å²) in [4.78, 5) is 13.4. The average Bonchev–Trinajstić information content (AvgIpc) is 2.42. The van der Waals surface area contributed by atoms with Gasteiger partial charge in [0.15, 0.2) is 0 Å². The third-order valence-electron chi connectivity index (χ3n) is 2.44. The van der Waals surface area contributed by atoms with Gasteiger partial charge in [-0.15, -0.1) is 0 Å². The standard InChI is InChI=1S/C14H13N3O2/c15-8-7-13(16)10-1-3-11(4-2-10)19-12-5-6-14(18)17-9-12/h1-9,15H,16H2,(H,17,18)/b13-7-,15-8?. The van der Waals surface area contributed by atoms with Crippen LogP contribution in [0.4, 0.5) is 0 Å². The third kappa shape index (κ3) is 3.32. The quantitative estimate of drug-likeness (QED) is 0.730. The summed E-state index contributed by atoms with van der Waals surface area (Å²) >= 11 is 0. The molecular formula is C14H13N3O2. The van der Waals surface area contributed by atoms with Crippen molar-refractivity contribution in [2.24, 2.45) is 5.73 Å². The van der Waals surface area contributed by atoms with E-state index in [-0.39, 0.29) is 5.56 Å². The zero-order valence-corrected chi connectivity index (χ0v) is 10.1. The van der Waals surface area contributed by atoms with Gasteiger partial charge in [0.1, 0.15) is 11.5 Å². The molecule has 19 heavy (non-hydrogen) atoms. The Labute approximate surface area is 109 Å². The summed E-state index contributed by atoms with van der Waals surface area (Å²) in [5.74, 6) is 1.19. The van der Waals surface area contributed by atoms with Crippen molar-refractivity contribution in [2.75, 3.05) is 0 Å². The van der Waals surface area contributed by atoms with Crippen LogP contribution in [-0.4, -0.2) is 11.2 Å². The summed E-state index contributed by atoms with van der Waals surface area (Å²) in [6.45, 7) is 0. The first-order valence-electron chi connectivity index (χ1n) is 5.62. The van der Waals surface area contributed by atoms with Gasteiger partial charge in [0.2, 0.25) is 5.56 Å². The highest BCUT2D eigenvalue weighted by Crippen LogP contribution is 2.21. The zero-order valence-electron chi connectivity index (χ0n) is 10.1. The SMILES string of the molecule is N=C/C=C(\N)c1ccc(Oc2ccc(=O)[nH]c2)cc1. The highest BCUT2D eigenvalue weighted by atomic mass is 16.5. The predicted octanol–water partition coefficient (Wildman–Crippen LogP) is 2.12. The Hall–Kier alpha value is -2.82. The lowest BCUT2D eigenvalue weighted by Crippen LogP contribution is -2.01. The molecule has 0 saturated carbocycles. The van der Waals surface area contributed by atoms with E-state index in [0.29, 0.717) is 17.2 Å². The van der Waals surface area contributed by atoms with Crippen molar-refractivity contribution in [3.05, 3.63) is 64.6 Å². The van der Waals surface area contributed by atoms with Crippen LogP contribution in [0.3, 0.4) is 0 Å². The molecule has 5 nitrogen and oxygen atoms in total. The summed E-state index contributed by atoms with van der Waals surface area (Å²) in [6, 6.07) is 10.1. The number of pyridine rings is 1. The maximum atomic E-state index is 10.9. The van der Waals surface area contributed by atoms with E-state index in [1.165, 1.54) is 18.3 Å². The minimum atomic E-state index is -0.174. The number of aromatic nitrogens is 1. The van der Waals surface area contributed by atoms with Crippen LogP contribution in [0.2, 0.25) is 0 Å². The van der Waals surface area contributed by atoms with Crippen molar-refractivity contribution in [1.82, 2.24) is 4.98 Å². The Kier molecular flexibility index (Phi) is 3.78. The summed E-state index contributed by atoms with van der Waals surface area (Å²) in [5, 5.41) is 6.96. The lowest BCUT2D eigenvalue weighted by Gasteiger charge is -2.06. The lowest BCUT2D eigenvalue weighted by atomic mass is 10.1.